The molecule has 2 rings (SSSR count). The van der Waals surface area contributed by atoms with E-state index < -0.39 is 19.8 Å². The summed E-state index contributed by atoms with van der Waals surface area (Å²) in [7, 11) is -7.31. The number of hydrogen-bond acceptors (Lipinski definition) is 3. The van der Waals surface area contributed by atoms with Crippen LogP contribution in [0.1, 0.15) is 44.2 Å². The average Bonchev–Trinajstić information content (AvgIpc) is 2.60. The molecule has 27 heavy (non-hydrogen) atoms. The Bertz CT molecular complexity index is 1030. The Morgan fingerprint density at radius 2 is 1.37 bits per heavy atom. The van der Waals surface area contributed by atoms with Crippen LogP contribution in [0.5, 0.6) is 0 Å². The molecule has 0 aliphatic heterocycles. The van der Waals surface area contributed by atoms with Crippen molar-refractivity contribution >= 4 is 19.8 Å². The molecule has 0 aliphatic rings. The molecule has 0 saturated carbocycles. The number of hydrogen-bond donors (Lipinski definition) is 0. The fourth-order valence-electron chi connectivity index (χ4n) is 2.55. The topological polar surface area (TPSA) is 63.6 Å². The Hall–Kier alpha value is -1.92. The molecule has 0 saturated heterocycles. The maximum atomic E-state index is 13.7. The first kappa shape index (κ1) is 21.4. The minimum atomic E-state index is -4.05. The highest BCUT2D eigenvalue weighted by Gasteiger charge is 2.19. The zero-order valence-corrected chi connectivity index (χ0v) is 17.9. The number of nitrogens with zero attached hydrogens (tertiary/aromatic N) is 1. The van der Waals surface area contributed by atoms with E-state index in [0.717, 1.165) is 36.0 Å². The lowest BCUT2D eigenvalue weighted by Gasteiger charge is -2.09. The maximum Gasteiger partial charge on any atom is 0.290 e. The van der Waals surface area contributed by atoms with E-state index in [2.05, 4.69) is 10.7 Å². The first-order chi connectivity index (χ1) is 12.7. The summed E-state index contributed by atoms with van der Waals surface area (Å²) < 4.78 is 43.3. The van der Waals surface area contributed by atoms with Gasteiger partial charge < -0.3 is 0 Å². The zero-order valence-electron chi connectivity index (χ0n) is 16.3. The molecule has 1 atom stereocenters. The molecule has 0 aromatic heterocycles. The van der Waals surface area contributed by atoms with Gasteiger partial charge in [-0.2, -0.15) is 8.42 Å². The van der Waals surface area contributed by atoms with Gasteiger partial charge in [0.2, 0.25) is 0 Å². The van der Waals surface area contributed by atoms with Crippen molar-refractivity contribution in [2.24, 2.45) is 3.77 Å². The molecule has 0 amide bonds. The molecule has 0 heterocycles. The first-order valence-corrected chi connectivity index (χ1v) is 12.0. The lowest BCUT2D eigenvalue weighted by Crippen LogP contribution is -2.05. The fourth-order valence-corrected chi connectivity index (χ4v) is 6.38. The third-order valence-electron chi connectivity index (χ3n) is 4.17. The van der Waals surface area contributed by atoms with Gasteiger partial charge in [-0.3, -0.25) is 0 Å². The highest BCUT2D eigenvalue weighted by atomic mass is 32.3. The Morgan fingerprint density at radius 1 is 0.889 bits per heavy atom. The highest BCUT2D eigenvalue weighted by molar-refractivity contribution is 8.05. The van der Waals surface area contributed by atoms with Gasteiger partial charge in [0.25, 0.3) is 10.0 Å². The fraction of sp³-hybridized carbons (Fsp3) is 0.333. The number of rotatable bonds is 7. The van der Waals surface area contributed by atoms with Crippen LogP contribution in [0.25, 0.3) is 0 Å². The number of allylic oxidation sites excluding steroid dienone is 1. The summed E-state index contributed by atoms with van der Waals surface area (Å²) in [6.45, 7) is 7.76. The smallest absolute Gasteiger partial charge is 0.239 e. The van der Waals surface area contributed by atoms with Gasteiger partial charge >= 0.3 is 0 Å². The second kappa shape index (κ2) is 8.85. The Kier molecular flexibility index (Phi) is 7.00. The van der Waals surface area contributed by atoms with Crippen molar-refractivity contribution in [2.45, 2.75) is 56.7 Å². The number of unbranched alkanes of at least 4 members (excludes halogenated alkanes) is 1. The Morgan fingerprint density at radius 3 is 1.85 bits per heavy atom. The summed E-state index contributed by atoms with van der Waals surface area (Å²) in [5.74, 6) is 0. The minimum absolute atomic E-state index is 0.0487. The molecule has 0 aliphatic carbocycles. The molecule has 2 aromatic carbocycles. The molecule has 6 heteroatoms. The van der Waals surface area contributed by atoms with E-state index in [-0.39, 0.29) is 4.90 Å². The van der Waals surface area contributed by atoms with Crippen molar-refractivity contribution in [1.82, 2.24) is 0 Å². The monoisotopic (exact) mass is 405 g/mol. The van der Waals surface area contributed by atoms with Gasteiger partial charge in [0.15, 0.2) is 0 Å². The molecular weight excluding hydrogens is 378 g/mol. The molecule has 146 valence electrons. The number of sulfonamides is 1. The average molecular weight is 406 g/mol. The largest absolute Gasteiger partial charge is 0.290 e. The van der Waals surface area contributed by atoms with Crippen molar-refractivity contribution in [3.8, 4) is 0 Å². The summed E-state index contributed by atoms with van der Waals surface area (Å²) in [4.78, 5) is 0.451. The normalized spacial score (nSPS) is 14.6. The Balaban J connectivity index is 2.64. The number of benzene rings is 2. The second-order valence-electron chi connectivity index (χ2n) is 6.81. The molecule has 4 nitrogen and oxygen atoms in total. The van der Waals surface area contributed by atoms with Crippen LogP contribution < -0.4 is 0 Å². The van der Waals surface area contributed by atoms with E-state index in [1.165, 1.54) is 17.5 Å². The molecule has 0 spiro atoms. The van der Waals surface area contributed by atoms with Crippen LogP contribution in [0.4, 0.5) is 0 Å². The van der Waals surface area contributed by atoms with Crippen LogP contribution in [0, 0.1) is 13.8 Å². The van der Waals surface area contributed by atoms with Gasteiger partial charge in [0.1, 0.15) is 9.73 Å². The highest BCUT2D eigenvalue weighted by Crippen LogP contribution is 2.24. The summed E-state index contributed by atoms with van der Waals surface area (Å²) >= 11 is 0. The van der Waals surface area contributed by atoms with E-state index in [0.29, 0.717) is 4.90 Å². The molecule has 0 unspecified atom stereocenters. The Labute approximate surface area is 163 Å². The predicted molar refractivity (Wildman–Crippen MR) is 112 cm³/mol. The van der Waals surface area contributed by atoms with Crippen LogP contribution in [-0.4, -0.2) is 12.6 Å². The predicted octanol–water partition coefficient (Wildman–Crippen LogP) is 5.61. The van der Waals surface area contributed by atoms with E-state index in [1.807, 2.05) is 32.9 Å². The van der Waals surface area contributed by atoms with Gasteiger partial charge in [-0.25, -0.2) is 4.21 Å². The van der Waals surface area contributed by atoms with Crippen LogP contribution >= 0.6 is 0 Å². The number of aryl methyl sites for hydroxylation is 2. The van der Waals surface area contributed by atoms with Crippen molar-refractivity contribution in [1.29, 1.82) is 0 Å². The maximum absolute atomic E-state index is 13.7. The van der Waals surface area contributed by atoms with E-state index in [1.54, 1.807) is 24.3 Å². The molecule has 0 bridgehead atoms. The summed E-state index contributed by atoms with van der Waals surface area (Å²) in [5.41, 5.74) is 2.84. The molecule has 0 N–H and O–H groups in total. The van der Waals surface area contributed by atoms with Crippen LogP contribution in [0.2, 0.25) is 0 Å². The lowest BCUT2D eigenvalue weighted by atomic mass is 10.2. The minimum Gasteiger partial charge on any atom is -0.239 e. The third-order valence-corrected chi connectivity index (χ3v) is 8.38. The first-order valence-electron chi connectivity index (χ1n) is 9.00. The molecule has 0 fully saturated rings. The van der Waals surface area contributed by atoms with Gasteiger partial charge in [-0.15, -0.1) is 0 Å². The molecule has 2 aromatic rings. The zero-order chi connectivity index (χ0) is 20.1. The summed E-state index contributed by atoms with van der Waals surface area (Å²) in [5, 5.41) is 1.53. The quantitative estimate of drug-likeness (QED) is 0.601. The second-order valence-corrected chi connectivity index (χ2v) is 10.7. The molecule has 0 radical (unpaired) electrons. The SMILES string of the molecule is CCCCC(C)=C[S@@](=O)(=NS(=O)(=O)c1ccc(C)cc1)c1ccc(C)cc1. The summed E-state index contributed by atoms with van der Waals surface area (Å²) in [6.07, 6.45) is 2.73. The van der Waals surface area contributed by atoms with Gasteiger partial charge in [0.05, 0.1) is 9.79 Å². The molecular formula is C21H27NO3S2. The van der Waals surface area contributed by atoms with E-state index >= 15 is 0 Å². The van der Waals surface area contributed by atoms with Crippen LogP contribution in [0.3, 0.4) is 0 Å². The standard InChI is InChI=1S/C21H27NO3S2/c1-5-6-7-19(4)16-26(23,20-12-8-17(2)9-13-20)22-27(24,25)21-14-10-18(3)11-15-21/h8-16H,5-7H2,1-4H3/t26-/m0/s1. The van der Waals surface area contributed by atoms with Crippen molar-refractivity contribution in [3.05, 3.63) is 70.6 Å². The van der Waals surface area contributed by atoms with Crippen molar-refractivity contribution < 1.29 is 12.6 Å². The van der Waals surface area contributed by atoms with Crippen molar-refractivity contribution in [2.75, 3.05) is 0 Å². The van der Waals surface area contributed by atoms with Crippen LogP contribution in [0.15, 0.2) is 73.1 Å². The van der Waals surface area contributed by atoms with E-state index in [4.69, 9.17) is 0 Å². The van der Waals surface area contributed by atoms with E-state index in [9.17, 15) is 12.6 Å². The lowest BCUT2D eigenvalue weighted by molar-refractivity contribution is 0.598. The summed E-state index contributed by atoms with van der Waals surface area (Å²) in [6, 6.07) is 13.4. The van der Waals surface area contributed by atoms with Crippen molar-refractivity contribution in [3.63, 3.8) is 0 Å². The van der Waals surface area contributed by atoms with Gasteiger partial charge in [0, 0.05) is 5.41 Å². The van der Waals surface area contributed by atoms with Gasteiger partial charge in [-0.1, -0.05) is 58.1 Å². The van der Waals surface area contributed by atoms with Crippen LogP contribution in [-0.2, 0) is 19.8 Å². The third kappa shape index (κ3) is 5.78. The van der Waals surface area contributed by atoms with Gasteiger partial charge in [-0.05, 0) is 57.9 Å².